The van der Waals surface area contributed by atoms with Crippen LogP contribution in [-0.2, 0) is 5.60 Å². The van der Waals surface area contributed by atoms with E-state index in [-0.39, 0.29) is 5.56 Å². The molecule has 1 aromatic rings. The highest BCUT2D eigenvalue weighted by molar-refractivity contribution is 5.43. The predicted molar refractivity (Wildman–Crippen MR) is 48.5 cm³/mol. The molecule has 2 nitrogen and oxygen atoms in total. The molecule has 84 valence electrons. The Kier molecular flexibility index (Phi) is 2.69. The highest BCUT2D eigenvalue weighted by atomic mass is 19.4. The second kappa shape index (κ2) is 3.41. The zero-order chi connectivity index (χ0) is 11.9. The fourth-order valence-corrected chi connectivity index (χ4v) is 1.43. The lowest BCUT2D eigenvalue weighted by molar-refractivity contribution is -0.259. The van der Waals surface area contributed by atoms with Gasteiger partial charge in [-0.2, -0.15) is 13.2 Å². The van der Waals surface area contributed by atoms with Gasteiger partial charge in [0.2, 0.25) is 0 Å². The summed E-state index contributed by atoms with van der Waals surface area (Å²) in [5.41, 5.74) is -3.35. The monoisotopic (exact) mass is 220 g/mol. The highest BCUT2D eigenvalue weighted by Crippen LogP contribution is 2.43. The van der Waals surface area contributed by atoms with E-state index in [0.717, 1.165) is 6.07 Å². The smallest absolute Gasteiger partial charge is 0.421 e. The van der Waals surface area contributed by atoms with Crippen LogP contribution in [0.25, 0.3) is 0 Å². The lowest BCUT2D eigenvalue weighted by atomic mass is 9.90. The van der Waals surface area contributed by atoms with Crippen molar-refractivity contribution in [1.82, 2.24) is 0 Å². The SMILES string of the molecule is Cc1cccc(O)c1C(C)(O)C(F)(F)F. The summed E-state index contributed by atoms with van der Waals surface area (Å²) in [5, 5.41) is 18.7. The molecule has 0 amide bonds. The van der Waals surface area contributed by atoms with Crippen LogP contribution in [0.5, 0.6) is 5.75 Å². The van der Waals surface area contributed by atoms with Gasteiger partial charge in [0.1, 0.15) is 5.75 Å². The van der Waals surface area contributed by atoms with Crippen molar-refractivity contribution in [1.29, 1.82) is 0 Å². The molecule has 1 rings (SSSR count). The maximum Gasteiger partial charge on any atom is 0.421 e. The first-order valence-electron chi connectivity index (χ1n) is 4.26. The Bertz CT molecular complexity index is 349. The number of benzene rings is 1. The Morgan fingerprint density at radius 2 is 1.73 bits per heavy atom. The molecule has 0 bridgehead atoms. The van der Waals surface area contributed by atoms with Crippen LogP contribution in [0.4, 0.5) is 13.2 Å². The minimum Gasteiger partial charge on any atom is -0.508 e. The molecular weight excluding hydrogens is 209 g/mol. The van der Waals surface area contributed by atoms with Crippen LogP contribution in [0, 0.1) is 6.92 Å². The molecule has 0 spiro atoms. The minimum atomic E-state index is -4.82. The molecule has 5 heteroatoms. The van der Waals surface area contributed by atoms with Crippen LogP contribution in [0.1, 0.15) is 18.1 Å². The summed E-state index contributed by atoms with van der Waals surface area (Å²) in [6.45, 7) is 2.02. The highest BCUT2D eigenvalue weighted by Gasteiger charge is 2.52. The van der Waals surface area contributed by atoms with Gasteiger partial charge in [0.05, 0.1) is 0 Å². The van der Waals surface area contributed by atoms with Crippen molar-refractivity contribution in [3.05, 3.63) is 29.3 Å². The molecule has 0 aliphatic carbocycles. The molecule has 0 saturated heterocycles. The molecule has 2 N–H and O–H groups in total. The molecule has 0 fully saturated rings. The van der Waals surface area contributed by atoms with Gasteiger partial charge in [0.25, 0.3) is 0 Å². The van der Waals surface area contributed by atoms with Gasteiger partial charge in [-0.05, 0) is 25.5 Å². The molecule has 1 atom stereocenters. The van der Waals surface area contributed by atoms with E-state index in [1.165, 1.54) is 19.1 Å². The van der Waals surface area contributed by atoms with Crippen LogP contribution < -0.4 is 0 Å². The number of aliphatic hydroxyl groups is 1. The van der Waals surface area contributed by atoms with Gasteiger partial charge in [-0.3, -0.25) is 0 Å². The summed E-state index contributed by atoms with van der Waals surface area (Å²) < 4.78 is 37.6. The quantitative estimate of drug-likeness (QED) is 0.763. The van der Waals surface area contributed by atoms with Crippen molar-refractivity contribution in [2.24, 2.45) is 0 Å². The first kappa shape index (κ1) is 11.8. The van der Waals surface area contributed by atoms with Gasteiger partial charge in [0.15, 0.2) is 5.60 Å². The lowest BCUT2D eigenvalue weighted by Crippen LogP contribution is -2.39. The van der Waals surface area contributed by atoms with Crippen LogP contribution in [0.2, 0.25) is 0 Å². The Morgan fingerprint density at radius 1 is 1.20 bits per heavy atom. The predicted octanol–water partition coefficient (Wildman–Crippen LogP) is 2.47. The van der Waals surface area contributed by atoms with E-state index in [2.05, 4.69) is 0 Å². The van der Waals surface area contributed by atoms with Crippen molar-refractivity contribution in [3.8, 4) is 5.75 Å². The number of rotatable bonds is 1. The van der Waals surface area contributed by atoms with E-state index in [1.54, 1.807) is 0 Å². The number of halogens is 3. The summed E-state index contributed by atoms with van der Waals surface area (Å²) in [5.74, 6) is -0.558. The normalized spacial score (nSPS) is 16.1. The van der Waals surface area contributed by atoms with Gasteiger partial charge in [-0.1, -0.05) is 12.1 Å². The molecule has 0 aliphatic heterocycles. The van der Waals surface area contributed by atoms with E-state index in [0.29, 0.717) is 6.92 Å². The second-order valence-corrected chi connectivity index (χ2v) is 3.54. The summed E-state index contributed by atoms with van der Waals surface area (Å²) in [6.07, 6.45) is -4.82. The molecule has 15 heavy (non-hydrogen) atoms. The summed E-state index contributed by atoms with van der Waals surface area (Å²) in [4.78, 5) is 0. The molecule has 0 radical (unpaired) electrons. The number of hydrogen-bond donors (Lipinski definition) is 2. The number of phenols is 1. The topological polar surface area (TPSA) is 40.5 Å². The molecule has 1 aromatic carbocycles. The van der Waals surface area contributed by atoms with Crippen LogP contribution >= 0.6 is 0 Å². The van der Waals surface area contributed by atoms with Crippen molar-refractivity contribution in [2.75, 3.05) is 0 Å². The number of phenolic OH excluding ortho intramolecular Hbond substituents is 1. The first-order valence-corrected chi connectivity index (χ1v) is 4.26. The van der Waals surface area contributed by atoms with Crippen molar-refractivity contribution in [2.45, 2.75) is 25.6 Å². The molecule has 0 aliphatic rings. The molecule has 0 heterocycles. The van der Waals surface area contributed by atoms with E-state index in [9.17, 15) is 23.4 Å². The average Bonchev–Trinajstić information content (AvgIpc) is 2.00. The maximum atomic E-state index is 12.5. The van der Waals surface area contributed by atoms with Crippen molar-refractivity contribution >= 4 is 0 Å². The number of aryl methyl sites for hydroxylation is 1. The largest absolute Gasteiger partial charge is 0.508 e. The second-order valence-electron chi connectivity index (χ2n) is 3.54. The van der Waals surface area contributed by atoms with Gasteiger partial charge >= 0.3 is 6.18 Å². The molecular formula is C10H11F3O2. The Balaban J connectivity index is 3.39. The number of alkyl halides is 3. The summed E-state index contributed by atoms with van der Waals surface area (Å²) >= 11 is 0. The molecule has 0 aromatic heterocycles. The standard InChI is InChI=1S/C10H11F3O2/c1-6-4-3-5-7(14)8(6)9(2,15)10(11,12)13/h3-5,14-15H,1-2H3. The van der Waals surface area contributed by atoms with Crippen LogP contribution in [0.15, 0.2) is 18.2 Å². The summed E-state index contributed by atoms with van der Waals surface area (Å²) in [6, 6.07) is 3.93. The Morgan fingerprint density at radius 3 is 2.13 bits per heavy atom. The molecule has 0 saturated carbocycles. The summed E-state index contributed by atoms with van der Waals surface area (Å²) in [7, 11) is 0. The van der Waals surface area contributed by atoms with E-state index in [4.69, 9.17) is 0 Å². The lowest BCUT2D eigenvalue weighted by Gasteiger charge is -2.28. The van der Waals surface area contributed by atoms with Crippen LogP contribution in [0.3, 0.4) is 0 Å². The van der Waals surface area contributed by atoms with Gasteiger partial charge in [-0.25, -0.2) is 0 Å². The Labute approximate surface area is 85.0 Å². The van der Waals surface area contributed by atoms with Crippen LogP contribution in [-0.4, -0.2) is 16.4 Å². The van der Waals surface area contributed by atoms with Gasteiger partial charge in [-0.15, -0.1) is 0 Å². The van der Waals surface area contributed by atoms with Crippen molar-refractivity contribution in [3.63, 3.8) is 0 Å². The maximum absolute atomic E-state index is 12.5. The van der Waals surface area contributed by atoms with Gasteiger partial charge in [0, 0.05) is 5.56 Å². The third-order valence-electron chi connectivity index (χ3n) is 2.29. The van der Waals surface area contributed by atoms with Gasteiger partial charge < -0.3 is 10.2 Å². The van der Waals surface area contributed by atoms with E-state index < -0.39 is 23.1 Å². The van der Waals surface area contributed by atoms with E-state index in [1.807, 2.05) is 0 Å². The number of hydrogen-bond acceptors (Lipinski definition) is 2. The zero-order valence-corrected chi connectivity index (χ0v) is 8.26. The minimum absolute atomic E-state index is 0.192. The fourth-order valence-electron chi connectivity index (χ4n) is 1.43. The Hall–Kier alpha value is -1.23. The fraction of sp³-hybridized carbons (Fsp3) is 0.400. The molecule has 1 unspecified atom stereocenters. The third kappa shape index (κ3) is 1.92. The zero-order valence-electron chi connectivity index (χ0n) is 8.26. The van der Waals surface area contributed by atoms with E-state index >= 15 is 0 Å². The third-order valence-corrected chi connectivity index (χ3v) is 2.29. The number of aromatic hydroxyl groups is 1. The van der Waals surface area contributed by atoms with Crippen molar-refractivity contribution < 1.29 is 23.4 Å². The average molecular weight is 220 g/mol. The first-order chi connectivity index (χ1) is 6.68.